The van der Waals surface area contributed by atoms with E-state index in [1.54, 1.807) is 48.5 Å². The second-order valence-electron chi connectivity index (χ2n) is 6.48. The number of alkyl halides is 5. The third-order valence-electron chi connectivity index (χ3n) is 4.23. The first-order chi connectivity index (χ1) is 15.2. The number of allylic oxidation sites excluding steroid dienone is 3. The molecule has 3 aromatic carbocycles. The minimum absolute atomic E-state index is 0.00238. The highest BCUT2D eigenvalue weighted by Gasteiger charge is 2.31. The van der Waals surface area contributed by atoms with E-state index in [0.29, 0.717) is 17.1 Å². The molecule has 0 saturated carbocycles. The average molecular weight is 467 g/mol. The number of hydrogen-bond acceptors (Lipinski definition) is 2. The molecular weight excluding hydrogens is 451 g/mol. The minimum Gasteiger partial charge on any atom is -0.457 e. The largest absolute Gasteiger partial charge is 0.573 e. The fourth-order valence-electron chi connectivity index (χ4n) is 2.83. The zero-order chi connectivity index (χ0) is 23.1. The highest BCUT2D eigenvalue weighted by Crippen LogP contribution is 2.32. The molecule has 8 heteroatoms. The van der Waals surface area contributed by atoms with Gasteiger partial charge in [0.2, 0.25) is 0 Å². The predicted molar refractivity (Wildman–Crippen MR) is 114 cm³/mol. The van der Waals surface area contributed by atoms with Crippen molar-refractivity contribution in [1.82, 2.24) is 0 Å². The van der Waals surface area contributed by atoms with Crippen LogP contribution in [0, 0.1) is 0 Å². The second-order valence-corrected chi connectivity index (χ2v) is 6.86. The monoisotopic (exact) mass is 466 g/mol. The Kier molecular flexibility index (Phi) is 7.53. The molecule has 0 aliphatic heterocycles. The summed E-state index contributed by atoms with van der Waals surface area (Å²) >= 11 is 5.63. The number of hydrogen-bond donors (Lipinski definition) is 0. The van der Waals surface area contributed by atoms with Gasteiger partial charge in [-0.1, -0.05) is 54.1 Å². The Morgan fingerprint density at radius 3 is 2.06 bits per heavy atom. The number of halogens is 6. The van der Waals surface area contributed by atoms with Crippen LogP contribution in [0.3, 0.4) is 0 Å². The first kappa shape index (κ1) is 23.3. The third kappa shape index (κ3) is 6.59. The molecule has 0 aliphatic rings. The first-order valence-electron chi connectivity index (χ1n) is 9.25. The number of rotatable bonds is 7. The molecule has 0 heterocycles. The molecule has 0 N–H and O–H groups in total. The van der Waals surface area contributed by atoms with Gasteiger partial charge >= 0.3 is 6.36 Å². The fourth-order valence-corrected chi connectivity index (χ4v) is 3.02. The molecule has 2 nitrogen and oxygen atoms in total. The van der Waals surface area contributed by atoms with Crippen molar-refractivity contribution in [3.63, 3.8) is 0 Å². The van der Waals surface area contributed by atoms with E-state index in [4.69, 9.17) is 16.3 Å². The van der Waals surface area contributed by atoms with E-state index in [9.17, 15) is 22.0 Å². The van der Waals surface area contributed by atoms with Gasteiger partial charge in [0.1, 0.15) is 17.2 Å². The van der Waals surface area contributed by atoms with E-state index in [0.717, 1.165) is 12.1 Å². The zero-order valence-electron chi connectivity index (χ0n) is 16.3. The topological polar surface area (TPSA) is 18.5 Å². The summed E-state index contributed by atoms with van der Waals surface area (Å²) in [4.78, 5) is 0. The van der Waals surface area contributed by atoms with Gasteiger partial charge in [-0.3, -0.25) is 0 Å². The Morgan fingerprint density at radius 1 is 0.812 bits per heavy atom. The van der Waals surface area contributed by atoms with Crippen LogP contribution in [0.2, 0.25) is 0 Å². The lowest BCUT2D eigenvalue weighted by Crippen LogP contribution is -2.17. The fraction of sp³-hybridized carbons (Fsp3) is 0.0833. The molecule has 1 atom stereocenters. The third-order valence-corrected chi connectivity index (χ3v) is 4.47. The van der Waals surface area contributed by atoms with Crippen LogP contribution >= 0.6 is 11.6 Å². The van der Waals surface area contributed by atoms with Gasteiger partial charge in [-0.15, -0.1) is 13.2 Å². The summed E-state index contributed by atoms with van der Waals surface area (Å²) in [5.41, 5.74) is -1.63. The van der Waals surface area contributed by atoms with Crippen molar-refractivity contribution >= 4 is 22.7 Å². The van der Waals surface area contributed by atoms with Crippen LogP contribution in [0.15, 0.2) is 91.3 Å². The SMILES string of the molecule is FC=C(C=C(c1ccc(OC(F)(F)F)cc1)C(F)Cl)c1cccc(Oc2ccccc2)c1. The zero-order valence-corrected chi connectivity index (χ0v) is 17.1. The van der Waals surface area contributed by atoms with Crippen LogP contribution in [-0.4, -0.2) is 12.0 Å². The van der Waals surface area contributed by atoms with Gasteiger partial charge in [0.05, 0.1) is 6.33 Å². The highest BCUT2D eigenvalue weighted by molar-refractivity contribution is 6.25. The first-order valence-corrected chi connectivity index (χ1v) is 9.68. The Bertz CT molecular complexity index is 1090. The summed E-state index contributed by atoms with van der Waals surface area (Å²) < 4.78 is 74.4. The molecule has 0 aliphatic carbocycles. The van der Waals surface area contributed by atoms with Gasteiger partial charge < -0.3 is 9.47 Å². The van der Waals surface area contributed by atoms with Crippen molar-refractivity contribution in [3.05, 3.63) is 102 Å². The summed E-state index contributed by atoms with van der Waals surface area (Å²) in [6, 6.07) is 19.9. The van der Waals surface area contributed by atoms with Crippen molar-refractivity contribution in [2.75, 3.05) is 0 Å². The van der Waals surface area contributed by atoms with Crippen molar-refractivity contribution < 1.29 is 31.4 Å². The molecule has 166 valence electrons. The molecule has 32 heavy (non-hydrogen) atoms. The lowest BCUT2D eigenvalue weighted by atomic mass is 10.00. The normalized spacial score (nSPS) is 13.6. The van der Waals surface area contributed by atoms with Crippen molar-refractivity contribution in [3.8, 4) is 17.2 Å². The summed E-state index contributed by atoms with van der Waals surface area (Å²) in [5, 5.41) is 0. The molecule has 3 rings (SSSR count). The maximum absolute atomic E-state index is 14.1. The van der Waals surface area contributed by atoms with E-state index >= 15 is 0 Å². The molecule has 3 aromatic rings. The van der Waals surface area contributed by atoms with Gasteiger partial charge in [0, 0.05) is 11.1 Å². The number of para-hydroxylation sites is 1. The van der Waals surface area contributed by atoms with E-state index in [-0.39, 0.29) is 23.0 Å². The van der Waals surface area contributed by atoms with Crippen molar-refractivity contribution in [2.45, 2.75) is 12.0 Å². The van der Waals surface area contributed by atoms with Gasteiger partial charge in [-0.05, 0) is 53.6 Å². The summed E-state index contributed by atoms with van der Waals surface area (Å²) in [6.07, 6.45) is -3.40. The molecular formula is C24H16ClF5O2. The number of benzene rings is 3. The lowest BCUT2D eigenvalue weighted by Gasteiger charge is -2.13. The smallest absolute Gasteiger partial charge is 0.457 e. The van der Waals surface area contributed by atoms with Crippen molar-refractivity contribution in [1.29, 1.82) is 0 Å². The molecule has 0 aromatic heterocycles. The van der Waals surface area contributed by atoms with Crippen LogP contribution in [0.1, 0.15) is 11.1 Å². The molecule has 0 saturated heterocycles. The molecule has 0 radical (unpaired) electrons. The van der Waals surface area contributed by atoms with E-state index in [1.165, 1.54) is 18.2 Å². The Balaban J connectivity index is 1.88. The van der Waals surface area contributed by atoms with Gasteiger partial charge in [-0.2, -0.15) is 0 Å². The molecule has 0 amide bonds. The van der Waals surface area contributed by atoms with E-state index in [2.05, 4.69) is 4.74 Å². The standard InChI is InChI=1S/C24H16ClF5O2/c25-23(27)22(16-9-11-20(12-10-16)32-24(28,29)30)14-18(15-26)17-5-4-8-21(13-17)31-19-6-2-1-3-7-19/h1-15,23H. The molecule has 0 spiro atoms. The van der Waals surface area contributed by atoms with Gasteiger partial charge in [-0.25, -0.2) is 8.78 Å². The van der Waals surface area contributed by atoms with Crippen molar-refractivity contribution in [2.24, 2.45) is 0 Å². The average Bonchev–Trinajstić information content (AvgIpc) is 2.75. The maximum atomic E-state index is 14.1. The molecule has 0 bridgehead atoms. The number of ether oxygens (including phenoxy) is 2. The Hall–Kier alpha value is -3.32. The van der Waals surface area contributed by atoms with Crippen LogP contribution in [0.4, 0.5) is 22.0 Å². The van der Waals surface area contributed by atoms with E-state index in [1.807, 2.05) is 6.07 Å². The second kappa shape index (κ2) is 10.3. The van der Waals surface area contributed by atoms with E-state index < -0.39 is 17.7 Å². The molecule has 1 unspecified atom stereocenters. The van der Waals surface area contributed by atoms with Gasteiger partial charge in [0.15, 0.2) is 5.63 Å². The maximum Gasteiger partial charge on any atom is 0.573 e. The summed E-state index contributed by atoms with van der Waals surface area (Å²) in [7, 11) is 0. The van der Waals surface area contributed by atoms with Crippen LogP contribution in [0.25, 0.3) is 11.1 Å². The highest BCUT2D eigenvalue weighted by atomic mass is 35.5. The van der Waals surface area contributed by atoms with Crippen LogP contribution in [0.5, 0.6) is 17.2 Å². The minimum atomic E-state index is -4.85. The Morgan fingerprint density at radius 2 is 1.47 bits per heavy atom. The summed E-state index contributed by atoms with van der Waals surface area (Å²) in [5.74, 6) is 0.536. The predicted octanol–water partition coefficient (Wildman–Crippen LogP) is 8.31. The quantitative estimate of drug-likeness (QED) is 0.198. The molecule has 0 fully saturated rings. The van der Waals surface area contributed by atoms with Crippen LogP contribution < -0.4 is 9.47 Å². The lowest BCUT2D eigenvalue weighted by molar-refractivity contribution is -0.274. The van der Waals surface area contributed by atoms with Gasteiger partial charge in [0.25, 0.3) is 0 Å². The summed E-state index contributed by atoms with van der Waals surface area (Å²) in [6.45, 7) is 0. The Labute approximate surface area is 186 Å². The van der Waals surface area contributed by atoms with Crippen LogP contribution in [-0.2, 0) is 0 Å².